The number of carbonyl (C=O) groups is 1. The van der Waals surface area contributed by atoms with Crippen LogP contribution in [0.2, 0.25) is 0 Å². The van der Waals surface area contributed by atoms with E-state index in [0.717, 1.165) is 18.4 Å². The van der Waals surface area contributed by atoms with Crippen molar-refractivity contribution in [2.75, 3.05) is 13.1 Å². The molecule has 1 aromatic rings. The summed E-state index contributed by atoms with van der Waals surface area (Å²) in [5.74, 6) is -0.193. The number of nitrogens with two attached hydrogens (primary N) is 1. The van der Waals surface area contributed by atoms with Gasteiger partial charge in [-0.3, -0.25) is 4.79 Å². The van der Waals surface area contributed by atoms with E-state index < -0.39 is 5.41 Å². The summed E-state index contributed by atoms with van der Waals surface area (Å²) in [6.07, 6.45) is 1.70. The van der Waals surface area contributed by atoms with Gasteiger partial charge in [-0.15, -0.1) is 0 Å². The van der Waals surface area contributed by atoms with Crippen LogP contribution in [0.4, 0.5) is 4.39 Å². The number of carbonyl (C=O) groups excluding carboxylic acids is 1. The van der Waals surface area contributed by atoms with Crippen LogP contribution < -0.4 is 5.73 Å². The standard InChI is InChI=1S/C15H21FN2O/c1-15(2,11-3-5-12(16)6-4-11)14(19)18-9-7-13(17)8-10-18/h3-6,13H,7-10,17H2,1-2H3. The highest BCUT2D eigenvalue weighted by Crippen LogP contribution is 2.27. The minimum Gasteiger partial charge on any atom is -0.342 e. The van der Waals surface area contributed by atoms with Gasteiger partial charge in [0.2, 0.25) is 5.91 Å². The highest BCUT2D eigenvalue weighted by Gasteiger charge is 2.34. The van der Waals surface area contributed by atoms with Crippen molar-refractivity contribution in [3.8, 4) is 0 Å². The molecule has 0 unspecified atom stereocenters. The Morgan fingerprint density at radius 3 is 2.32 bits per heavy atom. The SMILES string of the molecule is CC(C)(C(=O)N1CCC(N)CC1)c1ccc(F)cc1. The summed E-state index contributed by atoms with van der Waals surface area (Å²) >= 11 is 0. The molecule has 0 atom stereocenters. The Hall–Kier alpha value is -1.42. The van der Waals surface area contributed by atoms with Crippen LogP contribution in [0, 0.1) is 5.82 Å². The zero-order chi connectivity index (χ0) is 14.0. The lowest BCUT2D eigenvalue weighted by Crippen LogP contribution is -2.49. The zero-order valence-electron chi connectivity index (χ0n) is 11.5. The normalized spacial score (nSPS) is 17.6. The summed E-state index contributed by atoms with van der Waals surface area (Å²) in [5.41, 5.74) is 6.07. The first-order chi connectivity index (χ1) is 8.91. The van der Waals surface area contributed by atoms with E-state index in [2.05, 4.69) is 0 Å². The largest absolute Gasteiger partial charge is 0.342 e. The molecular formula is C15H21FN2O. The Bertz CT molecular complexity index is 448. The number of halogens is 1. The van der Waals surface area contributed by atoms with Crippen molar-refractivity contribution in [3.63, 3.8) is 0 Å². The van der Waals surface area contributed by atoms with E-state index in [9.17, 15) is 9.18 Å². The molecule has 19 heavy (non-hydrogen) atoms. The van der Waals surface area contributed by atoms with E-state index in [0.29, 0.717) is 13.1 Å². The molecule has 0 aromatic heterocycles. The van der Waals surface area contributed by atoms with Gasteiger partial charge in [-0.1, -0.05) is 12.1 Å². The summed E-state index contributed by atoms with van der Waals surface area (Å²) in [5, 5.41) is 0. The molecule has 0 radical (unpaired) electrons. The highest BCUT2D eigenvalue weighted by molar-refractivity contribution is 5.87. The first kappa shape index (κ1) is 14.0. The maximum Gasteiger partial charge on any atom is 0.232 e. The average Bonchev–Trinajstić information content (AvgIpc) is 2.39. The molecule has 1 aliphatic heterocycles. The molecule has 0 saturated carbocycles. The molecule has 1 amide bonds. The fraction of sp³-hybridized carbons (Fsp3) is 0.533. The molecule has 4 heteroatoms. The van der Waals surface area contributed by atoms with Gasteiger partial charge in [0.25, 0.3) is 0 Å². The molecule has 0 bridgehead atoms. The Balaban J connectivity index is 2.14. The second kappa shape index (κ2) is 5.29. The molecule has 1 fully saturated rings. The first-order valence-electron chi connectivity index (χ1n) is 6.72. The van der Waals surface area contributed by atoms with Crippen LogP contribution in [0.1, 0.15) is 32.3 Å². The fourth-order valence-corrected chi connectivity index (χ4v) is 2.49. The second-order valence-electron chi connectivity index (χ2n) is 5.76. The molecule has 1 aliphatic rings. The third-order valence-electron chi connectivity index (χ3n) is 3.93. The van der Waals surface area contributed by atoms with E-state index >= 15 is 0 Å². The number of nitrogens with zero attached hydrogens (tertiary/aromatic N) is 1. The molecule has 2 rings (SSSR count). The van der Waals surface area contributed by atoms with Crippen LogP contribution in [0.15, 0.2) is 24.3 Å². The van der Waals surface area contributed by atoms with Crippen LogP contribution in [0.3, 0.4) is 0 Å². The van der Waals surface area contributed by atoms with Crippen molar-refractivity contribution >= 4 is 5.91 Å². The summed E-state index contributed by atoms with van der Waals surface area (Å²) in [6, 6.07) is 6.37. The molecule has 1 saturated heterocycles. The van der Waals surface area contributed by atoms with Gasteiger partial charge >= 0.3 is 0 Å². The molecule has 2 N–H and O–H groups in total. The molecule has 0 aliphatic carbocycles. The number of hydrogen-bond acceptors (Lipinski definition) is 2. The molecule has 1 heterocycles. The van der Waals surface area contributed by atoms with Gasteiger partial charge in [-0.05, 0) is 44.4 Å². The van der Waals surface area contributed by atoms with E-state index in [1.54, 1.807) is 12.1 Å². The molecule has 3 nitrogen and oxygen atoms in total. The van der Waals surface area contributed by atoms with Crippen LogP contribution in [0.5, 0.6) is 0 Å². The lowest BCUT2D eigenvalue weighted by Gasteiger charge is -2.36. The minimum absolute atomic E-state index is 0.0889. The van der Waals surface area contributed by atoms with Crippen molar-refractivity contribution in [1.29, 1.82) is 0 Å². The quantitative estimate of drug-likeness (QED) is 0.888. The topological polar surface area (TPSA) is 46.3 Å². The van der Waals surface area contributed by atoms with Crippen LogP contribution >= 0.6 is 0 Å². The van der Waals surface area contributed by atoms with Crippen LogP contribution in [-0.4, -0.2) is 29.9 Å². The monoisotopic (exact) mass is 264 g/mol. The van der Waals surface area contributed by atoms with Gasteiger partial charge in [-0.25, -0.2) is 4.39 Å². The third kappa shape index (κ3) is 2.95. The van der Waals surface area contributed by atoms with Crippen molar-refractivity contribution in [1.82, 2.24) is 4.90 Å². The van der Waals surface area contributed by atoms with E-state index in [1.165, 1.54) is 12.1 Å². The number of likely N-dealkylation sites (tertiary alicyclic amines) is 1. The predicted molar refractivity (Wildman–Crippen MR) is 73.2 cm³/mol. The number of benzene rings is 1. The van der Waals surface area contributed by atoms with E-state index in [1.807, 2.05) is 18.7 Å². The van der Waals surface area contributed by atoms with Gasteiger partial charge in [0.05, 0.1) is 5.41 Å². The van der Waals surface area contributed by atoms with Gasteiger partial charge in [0.1, 0.15) is 5.82 Å². The van der Waals surface area contributed by atoms with Gasteiger partial charge in [0, 0.05) is 19.1 Å². The number of piperidine rings is 1. The molecule has 0 spiro atoms. The van der Waals surface area contributed by atoms with Crippen LogP contribution in [-0.2, 0) is 10.2 Å². The lowest BCUT2D eigenvalue weighted by molar-refractivity contribution is -0.137. The summed E-state index contributed by atoms with van der Waals surface area (Å²) in [7, 11) is 0. The highest BCUT2D eigenvalue weighted by atomic mass is 19.1. The summed E-state index contributed by atoms with van der Waals surface area (Å²) < 4.78 is 13.0. The molecular weight excluding hydrogens is 243 g/mol. The minimum atomic E-state index is -0.630. The molecule has 1 aromatic carbocycles. The summed E-state index contributed by atoms with van der Waals surface area (Å²) in [4.78, 5) is 14.5. The van der Waals surface area contributed by atoms with Crippen molar-refractivity contribution < 1.29 is 9.18 Å². The zero-order valence-corrected chi connectivity index (χ0v) is 11.5. The Morgan fingerprint density at radius 2 is 1.79 bits per heavy atom. The predicted octanol–water partition coefficient (Wildman–Crippen LogP) is 2.05. The Labute approximate surface area is 113 Å². The van der Waals surface area contributed by atoms with E-state index in [-0.39, 0.29) is 17.8 Å². The lowest BCUT2D eigenvalue weighted by atomic mass is 9.82. The van der Waals surface area contributed by atoms with Crippen LogP contribution in [0.25, 0.3) is 0 Å². The summed E-state index contributed by atoms with van der Waals surface area (Å²) in [6.45, 7) is 5.20. The van der Waals surface area contributed by atoms with Gasteiger partial charge in [0.15, 0.2) is 0 Å². The Kier molecular flexibility index (Phi) is 3.90. The maximum atomic E-state index is 13.0. The first-order valence-corrected chi connectivity index (χ1v) is 6.72. The smallest absolute Gasteiger partial charge is 0.232 e. The Morgan fingerprint density at radius 1 is 1.26 bits per heavy atom. The fourth-order valence-electron chi connectivity index (χ4n) is 2.49. The van der Waals surface area contributed by atoms with Crippen molar-refractivity contribution in [2.45, 2.75) is 38.1 Å². The third-order valence-corrected chi connectivity index (χ3v) is 3.93. The number of rotatable bonds is 2. The van der Waals surface area contributed by atoms with E-state index in [4.69, 9.17) is 5.73 Å². The average molecular weight is 264 g/mol. The number of hydrogen-bond donors (Lipinski definition) is 1. The second-order valence-corrected chi connectivity index (χ2v) is 5.76. The van der Waals surface area contributed by atoms with Gasteiger partial charge < -0.3 is 10.6 Å². The van der Waals surface area contributed by atoms with Gasteiger partial charge in [-0.2, -0.15) is 0 Å². The molecule has 104 valence electrons. The van der Waals surface area contributed by atoms with Crippen molar-refractivity contribution in [3.05, 3.63) is 35.6 Å². The van der Waals surface area contributed by atoms with Crippen molar-refractivity contribution in [2.24, 2.45) is 5.73 Å². The number of amides is 1. The maximum absolute atomic E-state index is 13.0.